The quantitative estimate of drug-likeness (QED) is 0.782. The lowest BCUT2D eigenvalue weighted by Gasteiger charge is -2.12. The van der Waals surface area contributed by atoms with Crippen LogP contribution in [0.15, 0.2) is 18.2 Å². The van der Waals surface area contributed by atoms with Gasteiger partial charge in [-0.1, -0.05) is 35.3 Å². The van der Waals surface area contributed by atoms with E-state index in [0.717, 1.165) is 24.8 Å². The number of rotatable bonds is 1. The molecule has 1 aromatic carbocycles. The van der Waals surface area contributed by atoms with Gasteiger partial charge in [-0.2, -0.15) is 0 Å². The third-order valence-electron chi connectivity index (χ3n) is 2.83. The van der Waals surface area contributed by atoms with Gasteiger partial charge in [-0.25, -0.2) is 0 Å². The molecule has 0 amide bonds. The molecule has 0 spiro atoms. The van der Waals surface area contributed by atoms with Crippen molar-refractivity contribution in [3.63, 3.8) is 0 Å². The van der Waals surface area contributed by atoms with Crippen LogP contribution in [0.1, 0.15) is 30.7 Å². The molecule has 0 saturated heterocycles. The van der Waals surface area contributed by atoms with Crippen molar-refractivity contribution < 1.29 is 5.11 Å². The SMILES string of the molecule is OC1CCC(c2cccc(Cl)c2Cl)C1. The summed E-state index contributed by atoms with van der Waals surface area (Å²) in [5.41, 5.74) is 1.08. The van der Waals surface area contributed by atoms with Crippen LogP contribution >= 0.6 is 23.2 Å². The number of hydrogen-bond donors (Lipinski definition) is 1. The molecule has 1 fully saturated rings. The summed E-state index contributed by atoms with van der Waals surface area (Å²) in [5.74, 6) is 0.371. The average molecular weight is 231 g/mol. The van der Waals surface area contributed by atoms with Crippen LogP contribution in [0.2, 0.25) is 10.0 Å². The van der Waals surface area contributed by atoms with Crippen LogP contribution < -0.4 is 0 Å². The van der Waals surface area contributed by atoms with Crippen molar-refractivity contribution in [2.24, 2.45) is 0 Å². The molecule has 14 heavy (non-hydrogen) atoms. The van der Waals surface area contributed by atoms with Crippen LogP contribution in [0, 0.1) is 0 Å². The van der Waals surface area contributed by atoms with Gasteiger partial charge in [-0.15, -0.1) is 0 Å². The Morgan fingerprint density at radius 2 is 2.00 bits per heavy atom. The summed E-state index contributed by atoms with van der Waals surface area (Å²) >= 11 is 12.0. The van der Waals surface area contributed by atoms with E-state index < -0.39 is 0 Å². The predicted molar refractivity (Wildman–Crippen MR) is 59.1 cm³/mol. The van der Waals surface area contributed by atoms with Crippen LogP contribution in [0.4, 0.5) is 0 Å². The molecule has 2 atom stereocenters. The molecular weight excluding hydrogens is 219 g/mol. The van der Waals surface area contributed by atoms with Crippen molar-refractivity contribution >= 4 is 23.2 Å². The lowest BCUT2D eigenvalue weighted by atomic mass is 9.97. The summed E-state index contributed by atoms with van der Waals surface area (Å²) in [6.45, 7) is 0. The normalized spacial score (nSPS) is 26.8. The predicted octanol–water partition coefficient (Wildman–Crippen LogP) is 3.62. The second kappa shape index (κ2) is 4.09. The van der Waals surface area contributed by atoms with Crippen molar-refractivity contribution in [1.82, 2.24) is 0 Å². The van der Waals surface area contributed by atoms with Gasteiger partial charge in [0.2, 0.25) is 0 Å². The fraction of sp³-hybridized carbons (Fsp3) is 0.455. The van der Waals surface area contributed by atoms with Gasteiger partial charge < -0.3 is 5.11 Å². The summed E-state index contributed by atoms with van der Waals surface area (Å²) in [7, 11) is 0. The molecule has 0 radical (unpaired) electrons. The monoisotopic (exact) mass is 230 g/mol. The summed E-state index contributed by atoms with van der Waals surface area (Å²) in [4.78, 5) is 0. The Balaban J connectivity index is 2.28. The van der Waals surface area contributed by atoms with Gasteiger partial charge in [-0.3, -0.25) is 0 Å². The van der Waals surface area contributed by atoms with E-state index in [4.69, 9.17) is 23.2 Å². The van der Waals surface area contributed by atoms with E-state index in [-0.39, 0.29) is 6.10 Å². The molecule has 1 aromatic rings. The molecule has 0 heterocycles. The van der Waals surface area contributed by atoms with Gasteiger partial charge >= 0.3 is 0 Å². The van der Waals surface area contributed by atoms with E-state index in [0.29, 0.717) is 16.0 Å². The van der Waals surface area contributed by atoms with Gasteiger partial charge in [0.1, 0.15) is 0 Å². The molecule has 76 valence electrons. The largest absolute Gasteiger partial charge is 0.393 e. The molecule has 3 heteroatoms. The van der Waals surface area contributed by atoms with Crippen LogP contribution in [-0.2, 0) is 0 Å². The summed E-state index contributed by atoms with van der Waals surface area (Å²) in [5, 5.41) is 10.7. The highest BCUT2D eigenvalue weighted by Crippen LogP contribution is 2.39. The van der Waals surface area contributed by atoms with Crippen molar-refractivity contribution in [1.29, 1.82) is 0 Å². The molecule has 0 aliphatic heterocycles. The fourth-order valence-electron chi connectivity index (χ4n) is 2.08. The standard InChI is InChI=1S/C11H12Cl2O/c12-10-3-1-2-9(11(10)13)7-4-5-8(14)6-7/h1-3,7-8,14H,4-6H2. The minimum absolute atomic E-state index is 0.171. The Morgan fingerprint density at radius 1 is 1.21 bits per heavy atom. The second-order valence-corrected chi connectivity index (χ2v) is 4.59. The number of aliphatic hydroxyl groups excluding tert-OH is 1. The first-order valence-corrected chi connectivity index (χ1v) is 5.56. The molecule has 2 unspecified atom stereocenters. The summed E-state index contributed by atoms with van der Waals surface area (Å²) < 4.78 is 0. The first kappa shape index (κ1) is 10.3. The van der Waals surface area contributed by atoms with E-state index >= 15 is 0 Å². The maximum Gasteiger partial charge on any atom is 0.0627 e. The van der Waals surface area contributed by atoms with Crippen LogP contribution in [-0.4, -0.2) is 11.2 Å². The lowest BCUT2D eigenvalue weighted by molar-refractivity contribution is 0.181. The third-order valence-corrected chi connectivity index (χ3v) is 3.66. The van der Waals surface area contributed by atoms with Gasteiger partial charge in [0, 0.05) is 0 Å². The Hall–Kier alpha value is -0.240. The van der Waals surface area contributed by atoms with Crippen LogP contribution in [0.5, 0.6) is 0 Å². The molecular formula is C11H12Cl2O. The molecule has 1 aliphatic rings. The molecule has 1 N–H and O–H groups in total. The number of aliphatic hydroxyl groups is 1. The van der Waals surface area contributed by atoms with Gasteiger partial charge in [0.25, 0.3) is 0 Å². The molecule has 0 aromatic heterocycles. The highest BCUT2D eigenvalue weighted by Gasteiger charge is 2.26. The number of benzene rings is 1. The molecule has 1 aliphatic carbocycles. The molecule has 1 nitrogen and oxygen atoms in total. The topological polar surface area (TPSA) is 20.2 Å². The van der Waals surface area contributed by atoms with E-state index in [1.54, 1.807) is 6.07 Å². The average Bonchev–Trinajstić information content (AvgIpc) is 2.57. The maximum absolute atomic E-state index is 9.45. The van der Waals surface area contributed by atoms with Crippen LogP contribution in [0.25, 0.3) is 0 Å². The minimum atomic E-state index is -0.171. The Labute approximate surface area is 93.7 Å². The lowest BCUT2D eigenvalue weighted by Crippen LogP contribution is -2.00. The first-order chi connectivity index (χ1) is 6.68. The smallest absolute Gasteiger partial charge is 0.0627 e. The highest BCUT2D eigenvalue weighted by molar-refractivity contribution is 6.42. The van der Waals surface area contributed by atoms with Crippen molar-refractivity contribution in [2.45, 2.75) is 31.3 Å². The highest BCUT2D eigenvalue weighted by atomic mass is 35.5. The van der Waals surface area contributed by atoms with Crippen molar-refractivity contribution in [2.75, 3.05) is 0 Å². The third kappa shape index (κ3) is 1.90. The van der Waals surface area contributed by atoms with E-state index in [9.17, 15) is 5.11 Å². The molecule has 0 bridgehead atoms. The summed E-state index contributed by atoms with van der Waals surface area (Å²) in [6.07, 6.45) is 2.50. The zero-order valence-corrected chi connectivity index (χ0v) is 9.22. The first-order valence-electron chi connectivity index (χ1n) is 4.80. The minimum Gasteiger partial charge on any atom is -0.393 e. The second-order valence-electron chi connectivity index (χ2n) is 3.81. The van der Waals surface area contributed by atoms with Crippen molar-refractivity contribution in [3.8, 4) is 0 Å². The zero-order valence-electron chi connectivity index (χ0n) is 7.71. The van der Waals surface area contributed by atoms with E-state index in [1.807, 2.05) is 12.1 Å². The van der Waals surface area contributed by atoms with Gasteiger partial charge in [0.15, 0.2) is 0 Å². The van der Waals surface area contributed by atoms with Crippen LogP contribution in [0.3, 0.4) is 0 Å². The molecule has 1 saturated carbocycles. The zero-order chi connectivity index (χ0) is 10.1. The Bertz CT molecular complexity index is 338. The fourth-order valence-corrected chi connectivity index (χ4v) is 2.54. The Kier molecular flexibility index (Phi) is 3.01. The summed E-state index contributed by atoms with van der Waals surface area (Å²) in [6, 6.07) is 5.70. The van der Waals surface area contributed by atoms with Gasteiger partial charge in [-0.05, 0) is 36.8 Å². The van der Waals surface area contributed by atoms with Crippen molar-refractivity contribution in [3.05, 3.63) is 33.8 Å². The van der Waals surface area contributed by atoms with E-state index in [2.05, 4.69) is 0 Å². The maximum atomic E-state index is 9.45. The number of hydrogen-bond acceptors (Lipinski definition) is 1. The number of halogens is 2. The molecule has 2 rings (SSSR count). The Morgan fingerprint density at radius 3 is 2.64 bits per heavy atom. The van der Waals surface area contributed by atoms with E-state index in [1.165, 1.54) is 0 Å². The van der Waals surface area contributed by atoms with Gasteiger partial charge in [0.05, 0.1) is 16.1 Å².